The van der Waals surface area contributed by atoms with Crippen molar-refractivity contribution in [1.82, 2.24) is 19.8 Å². The normalized spacial score (nSPS) is 17.4. The van der Waals surface area contributed by atoms with Crippen LogP contribution in [-0.2, 0) is 16.6 Å². The number of sulfonamides is 1. The van der Waals surface area contributed by atoms with E-state index >= 15 is 0 Å². The van der Waals surface area contributed by atoms with Crippen LogP contribution in [0.15, 0.2) is 34.9 Å². The fraction of sp³-hybridized carbons (Fsp3) is 0.467. The predicted octanol–water partition coefficient (Wildman–Crippen LogP) is 1.25. The van der Waals surface area contributed by atoms with Crippen molar-refractivity contribution in [2.75, 3.05) is 19.3 Å². The van der Waals surface area contributed by atoms with E-state index in [0.717, 1.165) is 31.5 Å². The molecule has 0 radical (unpaired) electrons. The van der Waals surface area contributed by atoms with Crippen molar-refractivity contribution >= 4 is 10.0 Å². The Kier molecular flexibility index (Phi) is 4.74. The summed E-state index contributed by atoms with van der Waals surface area (Å²) < 4.78 is 30.5. The van der Waals surface area contributed by atoms with Crippen molar-refractivity contribution in [1.29, 1.82) is 0 Å². The molecule has 1 fully saturated rings. The average Bonchev–Trinajstić information content (AvgIpc) is 2.97. The van der Waals surface area contributed by atoms with E-state index in [9.17, 15) is 8.42 Å². The van der Waals surface area contributed by atoms with Gasteiger partial charge in [-0.1, -0.05) is 35.5 Å². The van der Waals surface area contributed by atoms with Crippen LogP contribution in [0.25, 0.3) is 11.4 Å². The maximum absolute atomic E-state index is 11.3. The number of likely N-dealkylation sites (tertiary alicyclic amines) is 1. The van der Waals surface area contributed by atoms with Crippen molar-refractivity contribution < 1.29 is 12.9 Å². The smallest absolute Gasteiger partial charge is 0.241 e. The number of piperidine rings is 1. The molecule has 3 rings (SSSR count). The molecule has 2 aromatic rings. The van der Waals surface area contributed by atoms with Crippen LogP contribution < -0.4 is 4.72 Å². The monoisotopic (exact) mass is 336 g/mol. The first kappa shape index (κ1) is 16.1. The zero-order valence-corrected chi connectivity index (χ0v) is 13.8. The van der Waals surface area contributed by atoms with Gasteiger partial charge in [0.2, 0.25) is 21.7 Å². The topological polar surface area (TPSA) is 88.3 Å². The summed E-state index contributed by atoms with van der Waals surface area (Å²) in [6.07, 6.45) is 2.77. The maximum atomic E-state index is 11.3. The van der Waals surface area contributed by atoms with Crippen LogP contribution in [0.2, 0.25) is 0 Å². The number of hydrogen-bond acceptors (Lipinski definition) is 6. The fourth-order valence-corrected chi connectivity index (χ4v) is 3.57. The molecule has 1 aliphatic heterocycles. The summed E-state index contributed by atoms with van der Waals surface area (Å²) in [5.41, 5.74) is 0.929. The Labute approximate surface area is 135 Å². The van der Waals surface area contributed by atoms with Gasteiger partial charge in [-0.2, -0.15) is 4.98 Å². The van der Waals surface area contributed by atoms with E-state index < -0.39 is 10.0 Å². The minimum Gasteiger partial charge on any atom is -0.338 e. The molecule has 0 atom stereocenters. The molecule has 7 nitrogen and oxygen atoms in total. The second kappa shape index (κ2) is 6.77. The highest BCUT2D eigenvalue weighted by Gasteiger charge is 2.23. The molecule has 1 aromatic heterocycles. The number of aromatic nitrogens is 2. The number of nitrogens with zero attached hydrogens (tertiary/aromatic N) is 3. The van der Waals surface area contributed by atoms with Crippen LogP contribution in [0, 0.1) is 0 Å². The minimum absolute atomic E-state index is 0.0174. The second-order valence-electron chi connectivity index (χ2n) is 5.82. The molecule has 0 spiro atoms. The molecule has 2 heterocycles. The van der Waals surface area contributed by atoms with Gasteiger partial charge in [0.05, 0.1) is 12.8 Å². The lowest BCUT2D eigenvalue weighted by atomic mass is 10.1. The van der Waals surface area contributed by atoms with Gasteiger partial charge in [-0.15, -0.1) is 0 Å². The van der Waals surface area contributed by atoms with E-state index in [2.05, 4.69) is 19.8 Å². The highest BCUT2D eigenvalue weighted by Crippen LogP contribution is 2.17. The van der Waals surface area contributed by atoms with Gasteiger partial charge in [-0.25, -0.2) is 13.1 Å². The lowest BCUT2D eigenvalue weighted by Gasteiger charge is -2.30. The van der Waals surface area contributed by atoms with Gasteiger partial charge in [0.25, 0.3) is 0 Å². The third-order valence-electron chi connectivity index (χ3n) is 3.83. The molecule has 1 N–H and O–H groups in total. The summed E-state index contributed by atoms with van der Waals surface area (Å²) in [6, 6.07) is 9.71. The van der Waals surface area contributed by atoms with Crippen molar-refractivity contribution in [3.05, 3.63) is 36.2 Å². The average molecular weight is 336 g/mol. The highest BCUT2D eigenvalue weighted by atomic mass is 32.2. The Hall–Kier alpha value is -1.77. The summed E-state index contributed by atoms with van der Waals surface area (Å²) in [6.45, 7) is 2.19. The van der Waals surface area contributed by atoms with Gasteiger partial charge < -0.3 is 4.52 Å². The Morgan fingerprint density at radius 2 is 1.96 bits per heavy atom. The zero-order valence-electron chi connectivity index (χ0n) is 13.0. The molecule has 0 saturated carbocycles. The van der Waals surface area contributed by atoms with Crippen molar-refractivity contribution in [3.8, 4) is 11.4 Å². The highest BCUT2D eigenvalue weighted by molar-refractivity contribution is 7.88. The van der Waals surface area contributed by atoms with Gasteiger partial charge in [-0.05, 0) is 12.8 Å². The molecular formula is C15H20N4O3S. The van der Waals surface area contributed by atoms with Crippen molar-refractivity contribution in [2.24, 2.45) is 0 Å². The van der Waals surface area contributed by atoms with Crippen molar-refractivity contribution in [2.45, 2.75) is 25.4 Å². The Balaban J connectivity index is 1.54. The molecule has 0 bridgehead atoms. The third kappa shape index (κ3) is 4.60. The van der Waals surface area contributed by atoms with Gasteiger partial charge >= 0.3 is 0 Å². The molecule has 0 amide bonds. The largest absolute Gasteiger partial charge is 0.338 e. The fourth-order valence-electron chi connectivity index (χ4n) is 2.73. The van der Waals surface area contributed by atoms with Crippen LogP contribution in [-0.4, -0.2) is 48.8 Å². The Morgan fingerprint density at radius 1 is 1.26 bits per heavy atom. The quantitative estimate of drug-likeness (QED) is 0.884. The standard InChI is InChI=1S/C15H20N4O3S/c1-23(20,21)18-13-7-9-19(10-8-13)11-14-16-15(17-22-14)12-5-3-2-4-6-12/h2-6,13,18H,7-11H2,1H3. The van der Waals surface area contributed by atoms with E-state index in [1.54, 1.807) is 0 Å². The molecule has 0 unspecified atom stereocenters. The van der Waals surface area contributed by atoms with Gasteiger partial charge in [-0.3, -0.25) is 4.90 Å². The van der Waals surface area contributed by atoms with Crippen LogP contribution >= 0.6 is 0 Å². The maximum Gasteiger partial charge on any atom is 0.241 e. The number of benzene rings is 1. The van der Waals surface area contributed by atoms with Crippen LogP contribution in [0.3, 0.4) is 0 Å². The van der Waals surface area contributed by atoms with Gasteiger partial charge in [0.15, 0.2) is 0 Å². The van der Waals surface area contributed by atoms with E-state index in [4.69, 9.17) is 4.52 Å². The first-order valence-electron chi connectivity index (χ1n) is 7.57. The summed E-state index contributed by atoms with van der Waals surface area (Å²) in [7, 11) is -3.14. The van der Waals surface area contributed by atoms with Gasteiger partial charge in [0.1, 0.15) is 0 Å². The summed E-state index contributed by atoms with van der Waals surface area (Å²) in [5, 5.41) is 4.01. The third-order valence-corrected chi connectivity index (χ3v) is 4.59. The van der Waals surface area contributed by atoms with E-state index in [1.165, 1.54) is 6.26 Å². The SMILES string of the molecule is CS(=O)(=O)NC1CCN(Cc2nc(-c3ccccc3)no2)CC1. The van der Waals surface area contributed by atoms with Crippen LogP contribution in [0.5, 0.6) is 0 Å². The molecule has 0 aliphatic carbocycles. The van der Waals surface area contributed by atoms with E-state index in [0.29, 0.717) is 18.3 Å². The molecule has 1 aromatic carbocycles. The first-order valence-corrected chi connectivity index (χ1v) is 9.46. The molecule has 124 valence electrons. The molecule has 8 heteroatoms. The molecule has 1 saturated heterocycles. The lowest BCUT2D eigenvalue weighted by Crippen LogP contribution is -2.43. The lowest BCUT2D eigenvalue weighted by molar-refractivity contribution is 0.177. The van der Waals surface area contributed by atoms with Crippen molar-refractivity contribution in [3.63, 3.8) is 0 Å². The van der Waals surface area contributed by atoms with E-state index in [1.807, 2.05) is 30.3 Å². The minimum atomic E-state index is -3.14. The van der Waals surface area contributed by atoms with Crippen LogP contribution in [0.1, 0.15) is 18.7 Å². The van der Waals surface area contributed by atoms with Crippen LogP contribution in [0.4, 0.5) is 0 Å². The Bertz CT molecular complexity index is 737. The number of rotatable bonds is 5. The first-order chi connectivity index (χ1) is 11.0. The van der Waals surface area contributed by atoms with E-state index in [-0.39, 0.29) is 6.04 Å². The summed E-state index contributed by atoms with van der Waals surface area (Å²) in [4.78, 5) is 6.62. The molecular weight excluding hydrogens is 316 g/mol. The summed E-state index contributed by atoms with van der Waals surface area (Å²) >= 11 is 0. The number of nitrogens with one attached hydrogen (secondary N) is 1. The summed E-state index contributed by atoms with van der Waals surface area (Å²) in [5.74, 6) is 1.17. The van der Waals surface area contributed by atoms with Gasteiger partial charge in [0, 0.05) is 24.7 Å². The Morgan fingerprint density at radius 3 is 2.61 bits per heavy atom. The number of hydrogen-bond donors (Lipinski definition) is 1. The second-order valence-corrected chi connectivity index (χ2v) is 7.60. The molecule has 23 heavy (non-hydrogen) atoms. The predicted molar refractivity (Wildman–Crippen MR) is 86.0 cm³/mol. The zero-order chi connectivity index (χ0) is 16.3. The molecule has 1 aliphatic rings.